The molecule has 2 aliphatic rings. The molecule has 1 fully saturated rings. The Morgan fingerprint density at radius 2 is 1.63 bits per heavy atom. The molecule has 43 heavy (non-hydrogen) atoms. The van der Waals surface area contributed by atoms with E-state index in [-0.39, 0.29) is 5.97 Å². The smallest absolute Gasteiger partial charge is 0.338 e. The van der Waals surface area contributed by atoms with Crippen LogP contribution in [-0.2, 0) is 11.2 Å². The average Bonchev–Trinajstić information content (AvgIpc) is 3.08. The van der Waals surface area contributed by atoms with Crippen LogP contribution in [0.3, 0.4) is 0 Å². The molecule has 220 valence electrons. The Bertz CT molecular complexity index is 1590. The first-order chi connectivity index (χ1) is 21.1. The number of aryl methyl sites for hydroxylation is 1. The average molecular weight is 574 g/mol. The maximum absolute atomic E-state index is 12.5. The largest absolute Gasteiger partial charge is 0.465 e. The van der Waals surface area contributed by atoms with Crippen molar-refractivity contribution in [1.82, 2.24) is 20.2 Å². The number of hydrogen-bond acceptors (Lipinski definition) is 7. The van der Waals surface area contributed by atoms with Crippen molar-refractivity contribution in [3.8, 4) is 22.5 Å². The summed E-state index contributed by atoms with van der Waals surface area (Å²) < 4.78 is 5.06. The van der Waals surface area contributed by atoms with Gasteiger partial charge in [-0.3, -0.25) is 4.90 Å². The van der Waals surface area contributed by atoms with Gasteiger partial charge in [-0.05, 0) is 71.8 Å². The van der Waals surface area contributed by atoms with Gasteiger partial charge in [0.1, 0.15) is 0 Å². The van der Waals surface area contributed by atoms with Crippen molar-refractivity contribution in [3.05, 3.63) is 107 Å². The van der Waals surface area contributed by atoms with Gasteiger partial charge in [-0.15, -0.1) is 0 Å². The summed E-state index contributed by atoms with van der Waals surface area (Å²) in [6.07, 6.45) is 8.03. The molecule has 1 N–H and O–H groups in total. The number of aromatic nitrogens is 2. The summed E-state index contributed by atoms with van der Waals surface area (Å²) in [7, 11) is 1.43. The highest BCUT2D eigenvalue weighted by Gasteiger charge is 2.19. The molecule has 0 aliphatic carbocycles. The number of methoxy groups -OCH3 is 1. The second kappa shape index (κ2) is 13.3. The maximum atomic E-state index is 12.5. The zero-order valence-electron chi connectivity index (χ0n) is 25.1. The molecule has 0 bridgehead atoms. The molecule has 6 rings (SSSR count). The fraction of sp³-hybridized carbons (Fsp3) is 0.306. The lowest BCUT2D eigenvalue weighted by Crippen LogP contribution is -2.47. The van der Waals surface area contributed by atoms with Gasteiger partial charge in [0.2, 0.25) is 0 Å². The molecule has 0 atom stereocenters. The molecule has 0 amide bonds. The molecule has 4 aromatic rings. The van der Waals surface area contributed by atoms with Gasteiger partial charge in [0.15, 0.2) is 5.82 Å². The van der Waals surface area contributed by atoms with Gasteiger partial charge < -0.3 is 15.0 Å². The molecule has 0 saturated carbocycles. The molecule has 3 aromatic carbocycles. The summed E-state index contributed by atoms with van der Waals surface area (Å²) in [5.41, 5.74) is 9.73. The van der Waals surface area contributed by atoms with E-state index < -0.39 is 0 Å². The van der Waals surface area contributed by atoms with Gasteiger partial charge in [-0.25, -0.2) is 14.8 Å². The summed E-state index contributed by atoms with van der Waals surface area (Å²) in [6.45, 7) is 9.05. The van der Waals surface area contributed by atoms with Gasteiger partial charge in [0.05, 0.1) is 30.8 Å². The quantitative estimate of drug-likeness (QED) is 0.273. The van der Waals surface area contributed by atoms with E-state index in [4.69, 9.17) is 14.7 Å². The molecule has 0 radical (unpaired) electrons. The van der Waals surface area contributed by atoms with Crippen molar-refractivity contribution in [3.63, 3.8) is 0 Å². The number of nitrogens with zero attached hydrogens (tertiary/aromatic N) is 4. The van der Waals surface area contributed by atoms with Crippen molar-refractivity contribution >= 4 is 17.2 Å². The number of carbonyl (C=O) groups excluding carboxylic acids is 1. The summed E-state index contributed by atoms with van der Waals surface area (Å²) in [4.78, 5) is 26.8. The monoisotopic (exact) mass is 573 g/mol. The van der Waals surface area contributed by atoms with E-state index in [1.165, 1.54) is 23.8 Å². The Morgan fingerprint density at radius 1 is 0.907 bits per heavy atom. The first kappa shape index (κ1) is 28.8. The number of ether oxygens (including phenoxy) is 1. The van der Waals surface area contributed by atoms with Gasteiger partial charge in [0, 0.05) is 44.8 Å². The van der Waals surface area contributed by atoms with Crippen LogP contribution < -0.4 is 10.2 Å². The third-order valence-corrected chi connectivity index (χ3v) is 8.65. The first-order valence-electron chi connectivity index (χ1n) is 15.2. The van der Waals surface area contributed by atoms with Crippen LogP contribution in [0.15, 0.2) is 85.2 Å². The molecule has 7 heteroatoms. The maximum Gasteiger partial charge on any atom is 0.338 e. The van der Waals surface area contributed by atoms with Crippen LogP contribution in [0, 0.1) is 6.92 Å². The number of rotatable bonds is 8. The summed E-state index contributed by atoms with van der Waals surface area (Å²) in [5, 5.41) is 3.34. The zero-order chi connectivity index (χ0) is 29.6. The third kappa shape index (κ3) is 6.69. The van der Waals surface area contributed by atoms with Crippen LogP contribution in [-0.4, -0.2) is 73.8 Å². The van der Waals surface area contributed by atoms with Crippen LogP contribution >= 0.6 is 0 Å². The fourth-order valence-corrected chi connectivity index (χ4v) is 5.99. The Hall–Kier alpha value is -4.33. The van der Waals surface area contributed by atoms with E-state index in [1.54, 1.807) is 0 Å². The van der Waals surface area contributed by atoms with Crippen LogP contribution in [0.25, 0.3) is 28.1 Å². The Morgan fingerprint density at radius 3 is 2.33 bits per heavy atom. The molecule has 2 aliphatic heterocycles. The van der Waals surface area contributed by atoms with Gasteiger partial charge in [-0.1, -0.05) is 60.7 Å². The lowest BCUT2D eigenvalue weighted by molar-refractivity contribution is 0.0600. The minimum atomic E-state index is -0.308. The Kier molecular flexibility index (Phi) is 8.91. The predicted molar refractivity (Wildman–Crippen MR) is 173 cm³/mol. The van der Waals surface area contributed by atoms with E-state index in [9.17, 15) is 4.79 Å². The van der Waals surface area contributed by atoms with Crippen LogP contribution in [0.2, 0.25) is 0 Å². The van der Waals surface area contributed by atoms with Crippen molar-refractivity contribution in [2.75, 3.05) is 57.8 Å². The highest BCUT2D eigenvalue weighted by molar-refractivity contribution is 5.96. The van der Waals surface area contributed by atoms with E-state index in [0.717, 1.165) is 86.6 Å². The van der Waals surface area contributed by atoms with Crippen molar-refractivity contribution in [1.29, 1.82) is 0 Å². The number of piperazine rings is 1. The van der Waals surface area contributed by atoms with Crippen molar-refractivity contribution in [2.24, 2.45) is 0 Å². The van der Waals surface area contributed by atoms with Crippen LogP contribution in [0.5, 0.6) is 0 Å². The SMILES string of the molecule is COC(=O)c1ccc(-c2ccc(-c3ncc(N4CCN(CCc5ccccc5C)CC4)cn3)cc2)cc1C1=CCNCC1. The number of anilines is 1. The second-order valence-electron chi connectivity index (χ2n) is 11.3. The predicted octanol–water partition coefficient (Wildman–Crippen LogP) is 5.65. The Balaban J connectivity index is 1.09. The van der Waals surface area contributed by atoms with Crippen LogP contribution in [0.1, 0.15) is 33.5 Å². The van der Waals surface area contributed by atoms with Crippen molar-refractivity contribution in [2.45, 2.75) is 19.8 Å². The minimum Gasteiger partial charge on any atom is -0.465 e. The molecule has 1 aromatic heterocycles. The van der Waals surface area contributed by atoms with E-state index in [0.29, 0.717) is 11.4 Å². The summed E-state index contributed by atoms with van der Waals surface area (Å²) in [6, 6.07) is 23.0. The molecular weight excluding hydrogens is 534 g/mol. The molecular formula is C36H39N5O2. The first-order valence-corrected chi connectivity index (χ1v) is 15.2. The minimum absolute atomic E-state index is 0.308. The highest BCUT2D eigenvalue weighted by Crippen LogP contribution is 2.31. The van der Waals surface area contributed by atoms with Gasteiger partial charge in [0.25, 0.3) is 0 Å². The standard InChI is InChI=1S/C36H39N5O2/c1-26-5-3-4-6-27(26)15-18-40-19-21-41(22-20-40)32-24-38-35(39-25-32)30-9-7-28(8-10-30)31-11-12-33(36(42)43-2)34(23-31)29-13-16-37-17-14-29/h3-13,23-25,37H,14-22H2,1-2H3. The van der Waals surface area contributed by atoms with E-state index >= 15 is 0 Å². The molecule has 0 spiro atoms. The van der Waals surface area contributed by atoms with Crippen LogP contribution in [0.4, 0.5) is 5.69 Å². The topological polar surface area (TPSA) is 70.6 Å². The summed E-state index contributed by atoms with van der Waals surface area (Å²) in [5.74, 6) is 0.408. The molecule has 0 unspecified atom stereocenters. The van der Waals surface area contributed by atoms with Crippen molar-refractivity contribution < 1.29 is 9.53 Å². The normalized spacial score (nSPS) is 15.7. The fourth-order valence-electron chi connectivity index (χ4n) is 5.99. The lowest BCUT2D eigenvalue weighted by Gasteiger charge is -2.35. The van der Waals surface area contributed by atoms with Gasteiger partial charge >= 0.3 is 5.97 Å². The number of benzene rings is 3. The number of esters is 1. The molecule has 7 nitrogen and oxygen atoms in total. The number of hydrogen-bond donors (Lipinski definition) is 1. The molecule has 1 saturated heterocycles. The highest BCUT2D eigenvalue weighted by atomic mass is 16.5. The lowest BCUT2D eigenvalue weighted by atomic mass is 9.91. The summed E-state index contributed by atoms with van der Waals surface area (Å²) >= 11 is 0. The molecule has 3 heterocycles. The third-order valence-electron chi connectivity index (χ3n) is 8.65. The number of carbonyl (C=O) groups is 1. The van der Waals surface area contributed by atoms with E-state index in [2.05, 4.69) is 82.7 Å². The number of nitrogens with one attached hydrogen (secondary N) is 1. The van der Waals surface area contributed by atoms with E-state index in [1.807, 2.05) is 24.5 Å². The second-order valence-corrected chi connectivity index (χ2v) is 11.3. The zero-order valence-corrected chi connectivity index (χ0v) is 25.1. The Labute approximate surface area is 254 Å². The van der Waals surface area contributed by atoms with Gasteiger partial charge in [-0.2, -0.15) is 0 Å².